The maximum atomic E-state index is 12.5. The van der Waals surface area contributed by atoms with Gasteiger partial charge < -0.3 is 10.8 Å². The SMILES string of the molecule is Nc1nonc1-c1[nH]c2ccccc2[n+]1CC(=O)NN=Cc1cc([N+](=O)[O-])ccc1[O-]. The lowest BCUT2D eigenvalue weighted by Crippen LogP contribution is -2.42. The van der Waals surface area contributed by atoms with Crippen LogP contribution in [-0.4, -0.2) is 32.3 Å². The Kier molecular flexibility index (Phi) is 4.97. The van der Waals surface area contributed by atoms with Crippen molar-refractivity contribution in [2.45, 2.75) is 6.54 Å². The molecule has 0 aliphatic carbocycles. The van der Waals surface area contributed by atoms with E-state index in [9.17, 15) is 20.0 Å². The number of benzene rings is 2. The van der Waals surface area contributed by atoms with Gasteiger partial charge in [-0.1, -0.05) is 23.9 Å². The van der Waals surface area contributed by atoms with Crippen molar-refractivity contribution in [3.8, 4) is 17.3 Å². The van der Waals surface area contributed by atoms with E-state index in [4.69, 9.17) is 5.73 Å². The highest BCUT2D eigenvalue weighted by Crippen LogP contribution is 2.21. The molecule has 13 nitrogen and oxygen atoms in total. The fraction of sp³-hybridized carbons (Fsp3) is 0.0556. The lowest BCUT2D eigenvalue weighted by molar-refractivity contribution is -0.647. The maximum absolute atomic E-state index is 12.5. The molecular weight excluding hydrogens is 408 g/mol. The van der Waals surface area contributed by atoms with Crippen LogP contribution >= 0.6 is 0 Å². The first-order valence-corrected chi connectivity index (χ1v) is 8.80. The number of para-hydroxylation sites is 2. The first kappa shape index (κ1) is 19.5. The standard InChI is InChI=1S/C18H14N8O5/c19-17-16(23-31-24-17)18-21-12-3-1-2-4-13(12)25(18)9-15(28)22-20-8-10-7-11(26(29)30)5-6-14(10)27/h1-8H,9H2,(H4,19,20,21,22,23,24,27,28). The van der Waals surface area contributed by atoms with Gasteiger partial charge in [-0.05, 0) is 28.0 Å². The van der Waals surface area contributed by atoms with E-state index in [1.165, 1.54) is 0 Å². The summed E-state index contributed by atoms with van der Waals surface area (Å²) in [6.07, 6.45) is 1.05. The van der Waals surface area contributed by atoms with E-state index in [2.05, 4.69) is 30.5 Å². The molecule has 4 aromatic rings. The molecule has 2 heterocycles. The van der Waals surface area contributed by atoms with Crippen molar-refractivity contribution in [1.82, 2.24) is 20.7 Å². The van der Waals surface area contributed by atoms with Gasteiger partial charge in [0.15, 0.2) is 17.6 Å². The summed E-state index contributed by atoms with van der Waals surface area (Å²) in [6.45, 7) is -0.178. The third kappa shape index (κ3) is 3.87. The Hall–Kier alpha value is -4.81. The largest absolute Gasteiger partial charge is 0.872 e. The third-order valence-corrected chi connectivity index (χ3v) is 4.35. The van der Waals surface area contributed by atoms with Gasteiger partial charge in [-0.3, -0.25) is 14.9 Å². The summed E-state index contributed by atoms with van der Waals surface area (Å²) in [4.78, 5) is 25.8. The number of aromatic amines is 1. The number of carbonyl (C=O) groups is 1. The molecule has 1 amide bonds. The van der Waals surface area contributed by atoms with Crippen LogP contribution in [0.25, 0.3) is 22.6 Å². The number of H-pyrrole nitrogens is 1. The number of amides is 1. The van der Waals surface area contributed by atoms with Crippen LogP contribution in [0.4, 0.5) is 11.5 Å². The number of hydrogen-bond acceptors (Lipinski definition) is 9. The number of aromatic nitrogens is 4. The second-order valence-corrected chi connectivity index (χ2v) is 6.35. The van der Waals surface area contributed by atoms with E-state index in [0.717, 1.165) is 29.9 Å². The van der Waals surface area contributed by atoms with Crippen LogP contribution in [0.1, 0.15) is 5.56 Å². The number of nitrogens with zero attached hydrogens (tertiary/aromatic N) is 5. The molecule has 0 radical (unpaired) electrons. The minimum absolute atomic E-state index is 0.0311. The van der Waals surface area contributed by atoms with Gasteiger partial charge in [0.1, 0.15) is 0 Å². The maximum Gasteiger partial charge on any atom is 0.314 e. The fourth-order valence-electron chi connectivity index (χ4n) is 2.94. The number of carbonyl (C=O) groups excluding carboxylic acids is 1. The van der Waals surface area contributed by atoms with E-state index < -0.39 is 16.6 Å². The van der Waals surface area contributed by atoms with Gasteiger partial charge in [-0.25, -0.2) is 19.6 Å². The first-order chi connectivity index (χ1) is 14.9. The number of hydrogen-bond donors (Lipinski definition) is 3. The normalized spacial score (nSPS) is 11.2. The number of hydrazone groups is 1. The monoisotopic (exact) mass is 422 g/mol. The topological polar surface area (TPSA) is 192 Å². The number of imidazole rings is 1. The molecule has 4 N–H and O–H groups in total. The molecule has 2 aromatic carbocycles. The first-order valence-electron chi connectivity index (χ1n) is 8.80. The van der Waals surface area contributed by atoms with Crippen LogP contribution in [0.15, 0.2) is 52.2 Å². The zero-order valence-corrected chi connectivity index (χ0v) is 15.7. The Morgan fingerprint density at radius 2 is 2.13 bits per heavy atom. The molecule has 0 spiro atoms. The molecule has 31 heavy (non-hydrogen) atoms. The molecule has 4 rings (SSSR count). The van der Waals surface area contributed by atoms with Crippen LogP contribution in [0, 0.1) is 10.1 Å². The summed E-state index contributed by atoms with van der Waals surface area (Å²) in [5.74, 6) is -0.543. The average molecular weight is 422 g/mol. The van der Waals surface area contributed by atoms with Gasteiger partial charge >= 0.3 is 5.82 Å². The highest BCUT2D eigenvalue weighted by Gasteiger charge is 2.27. The summed E-state index contributed by atoms with van der Waals surface area (Å²) in [5.41, 5.74) is 9.44. The summed E-state index contributed by atoms with van der Waals surface area (Å²) in [6, 6.07) is 10.5. The predicted molar refractivity (Wildman–Crippen MR) is 104 cm³/mol. The van der Waals surface area contributed by atoms with E-state index in [0.29, 0.717) is 11.3 Å². The average Bonchev–Trinajstić information content (AvgIpc) is 3.32. The van der Waals surface area contributed by atoms with Gasteiger partial charge in [0.25, 0.3) is 11.6 Å². The molecule has 0 saturated heterocycles. The van der Waals surface area contributed by atoms with Crippen LogP contribution < -0.4 is 20.8 Å². The van der Waals surface area contributed by atoms with E-state index in [-0.39, 0.29) is 29.3 Å². The second kappa shape index (κ2) is 7.90. The Morgan fingerprint density at radius 3 is 2.87 bits per heavy atom. The van der Waals surface area contributed by atoms with E-state index in [1.807, 2.05) is 12.1 Å². The number of anilines is 1. The van der Waals surface area contributed by atoms with Gasteiger partial charge in [0, 0.05) is 12.1 Å². The number of nitrogen functional groups attached to an aromatic ring is 1. The Morgan fingerprint density at radius 1 is 1.32 bits per heavy atom. The number of fused-ring (bicyclic) bond motifs is 1. The van der Waals surface area contributed by atoms with Crippen LogP contribution in [0.5, 0.6) is 5.75 Å². The van der Waals surface area contributed by atoms with E-state index >= 15 is 0 Å². The molecule has 0 bridgehead atoms. The van der Waals surface area contributed by atoms with Gasteiger partial charge in [-0.2, -0.15) is 5.10 Å². The Labute approximate surface area is 172 Å². The van der Waals surface area contributed by atoms with E-state index in [1.54, 1.807) is 16.7 Å². The molecule has 13 heteroatoms. The summed E-state index contributed by atoms with van der Waals surface area (Å²) >= 11 is 0. The van der Waals surface area contributed by atoms with Crippen LogP contribution in [-0.2, 0) is 11.3 Å². The highest BCUT2D eigenvalue weighted by atomic mass is 16.6. The number of rotatable bonds is 6. The molecule has 0 atom stereocenters. The Balaban J connectivity index is 1.57. The van der Waals surface area contributed by atoms with Crippen molar-refractivity contribution in [2.24, 2.45) is 5.10 Å². The lowest BCUT2D eigenvalue weighted by Gasteiger charge is -2.08. The number of nitrogens with one attached hydrogen (secondary N) is 2. The highest BCUT2D eigenvalue weighted by molar-refractivity contribution is 5.86. The van der Waals surface area contributed by atoms with Crippen molar-refractivity contribution in [1.29, 1.82) is 0 Å². The summed E-state index contributed by atoms with van der Waals surface area (Å²) < 4.78 is 6.26. The molecular formula is C18H14N8O5. The number of non-ortho nitro benzene ring substituents is 1. The minimum atomic E-state index is -0.630. The van der Waals surface area contributed by atoms with Crippen LogP contribution in [0.2, 0.25) is 0 Å². The van der Waals surface area contributed by atoms with Gasteiger partial charge in [-0.15, -0.1) is 0 Å². The zero-order valence-electron chi connectivity index (χ0n) is 15.7. The quantitative estimate of drug-likeness (QED) is 0.170. The third-order valence-electron chi connectivity index (χ3n) is 4.35. The Bertz CT molecular complexity index is 1330. The number of nitro benzene ring substituents is 1. The van der Waals surface area contributed by atoms with Crippen molar-refractivity contribution in [3.05, 3.63) is 58.1 Å². The summed E-state index contributed by atoms with van der Waals surface area (Å²) in [5, 5.41) is 33.7. The van der Waals surface area contributed by atoms with Crippen molar-refractivity contribution in [2.75, 3.05) is 5.73 Å². The second-order valence-electron chi connectivity index (χ2n) is 6.35. The molecule has 0 saturated carbocycles. The molecule has 0 fully saturated rings. The van der Waals surface area contributed by atoms with Crippen molar-refractivity contribution < 1.29 is 24.0 Å². The number of nitro groups is 1. The lowest BCUT2D eigenvalue weighted by atomic mass is 10.2. The van der Waals surface area contributed by atoms with Crippen molar-refractivity contribution in [3.63, 3.8) is 0 Å². The molecule has 0 aliphatic heterocycles. The van der Waals surface area contributed by atoms with Gasteiger partial charge in [0.05, 0.1) is 11.1 Å². The summed E-state index contributed by atoms with van der Waals surface area (Å²) in [7, 11) is 0. The van der Waals surface area contributed by atoms with Gasteiger partial charge in [0.2, 0.25) is 11.5 Å². The zero-order chi connectivity index (χ0) is 22.0. The number of nitrogens with two attached hydrogens (primary N) is 1. The fourth-order valence-corrected chi connectivity index (χ4v) is 2.94. The predicted octanol–water partition coefficient (Wildman–Crippen LogP) is 0.220. The molecule has 156 valence electrons. The van der Waals surface area contributed by atoms with Crippen LogP contribution in [0.3, 0.4) is 0 Å². The molecule has 2 aromatic heterocycles. The molecule has 0 unspecified atom stereocenters. The molecule has 0 aliphatic rings. The van der Waals surface area contributed by atoms with Crippen molar-refractivity contribution >= 4 is 34.7 Å². The minimum Gasteiger partial charge on any atom is -0.872 e. The smallest absolute Gasteiger partial charge is 0.314 e.